The van der Waals surface area contributed by atoms with E-state index in [1.54, 1.807) is 13.8 Å². The molecule has 0 unspecified atom stereocenters. The van der Waals surface area contributed by atoms with Gasteiger partial charge in [-0.2, -0.15) is 0 Å². The number of benzene rings is 1. The summed E-state index contributed by atoms with van der Waals surface area (Å²) in [4.78, 5) is 25.2. The smallest absolute Gasteiger partial charge is 0.185 e. The Hall–Kier alpha value is -1.47. The highest BCUT2D eigenvalue weighted by atomic mass is 32.2. The van der Waals surface area contributed by atoms with Crippen LogP contribution in [0.4, 0.5) is 0 Å². The van der Waals surface area contributed by atoms with Gasteiger partial charge in [0.15, 0.2) is 10.2 Å². The quantitative estimate of drug-likeness (QED) is 0.0623. The zero-order valence-electron chi connectivity index (χ0n) is 23.7. The summed E-state index contributed by atoms with van der Waals surface area (Å²) in [5.74, 6) is 1.82. The number of nitrogens with zero attached hydrogens (tertiary/aromatic N) is 3. The van der Waals surface area contributed by atoms with Gasteiger partial charge in [-0.3, -0.25) is 9.59 Å². The normalized spacial score (nSPS) is 10.9. The van der Waals surface area contributed by atoms with Crippen molar-refractivity contribution < 1.29 is 14.7 Å². The van der Waals surface area contributed by atoms with Crippen LogP contribution in [0, 0.1) is 0 Å². The average molecular weight is 564 g/mol. The third-order valence-electron chi connectivity index (χ3n) is 6.69. The van der Waals surface area contributed by atoms with Crippen LogP contribution in [0.25, 0.3) is 10.4 Å². The van der Waals surface area contributed by atoms with Crippen LogP contribution < -0.4 is 0 Å². The first-order chi connectivity index (χ1) is 18.5. The molecule has 0 fully saturated rings. The van der Waals surface area contributed by atoms with E-state index in [-0.39, 0.29) is 16.8 Å². The van der Waals surface area contributed by atoms with Gasteiger partial charge in [0.2, 0.25) is 0 Å². The van der Waals surface area contributed by atoms with Gasteiger partial charge in [0.25, 0.3) is 0 Å². The van der Waals surface area contributed by atoms with Crippen molar-refractivity contribution in [2.75, 3.05) is 24.7 Å². The first-order valence-electron chi connectivity index (χ1n) is 14.5. The lowest BCUT2D eigenvalue weighted by Crippen LogP contribution is -2.04. The Morgan fingerprint density at radius 3 is 1.45 bits per heavy atom. The molecule has 0 saturated carbocycles. The second-order valence-electron chi connectivity index (χ2n) is 9.99. The predicted octanol–water partition coefficient (Wildman–Crippen LogP) is 8.40. The number of hydrogen-bond donors (Lipinski definition) is 1. The first-order valence-corrected chi connectivity index (χ1v) is 16.5. The highest BCUT2D eigenvalue weighted by Crippen LogP contribution is 2.25. The van der Waals surface area contributed by atoms with E-state index in [1.807, 2.05) is 0 Å². The number of unbranched alkanes of at least 4 members (excludes halogenated alkanes) is 8. The van der Waals surface area contributed by atoms with Crippen LogP contribution in [0.5, 0.6) is 0 Å². The molecule has 1 rings (SSSR count). The number of hydrogen-bond acceptors (Lipinski definition) is 6. The fourth-order valence-corrected chi connectivity index (χ4v) is 5.94. The molecule has 6 nitrogen and oxygen atoms in total. The number of aryl methyl sites for hydroxylation is 4. The van der Waals surface area contributed by atoms with Crippen molar-refractivity contribution in [2.24, 2.45) is 5.11 Å². The lowest BCUT2D eigenvalue weighted by Gasteiger charge is -2.18. The summed E-state index contributed by atoms with van der Waals surface area (Å²) in [6, 6.07) is 4.94. The van der Waals surface area contributed by atoms with Crippen LogP contribution in [0.3, 0.4) is 0 Å². The highest BCUT2D eigenvalue weighted by molar-refractivity contribution is 8.13. The fourth-order valence-electron chi connectivity index (χ4n) is 4.67. The van der Waals surface area contributed by atoms with Crippen molar-refractivity contribution in [3.05, 3.63) is 44.8 Å². The summed E-state index contributed by atoms with van der Waals surface area (Å²) in [6.45, 7) is 4.11. The molecule has 0 aliphatic heterocycles. The third kappa shape index (κ3) is 17.9. The Labute approximate surface area is 239 Å². The van der Waals surface area contributed by atoms with Crippen molar-refractivity contribution in [1.29, 1.82) is 0 Å². The van der Waals surface area contributed by atoms with E-state index < -0.39 is 0 Å². The number of aliphatic hydroxyl groups is 1. The molecule has 1 aromatic carbocycles. The Morgan fingerprint density at radius 1 is 0.684 bits per heavy atom. The van der Waals surface area contributed by atoms with Crippen LogP contribution in [-0.2, 0) is 35.3 Å². The zero-order valence-corrected chi connectivity index (χ0v) is 25.4. The summed E-state index contributed by atoms with van der Waals surface area (Å²) < 4.78 is 0. The first kappa shape index (κ1) is 34.6. The number of azide groups is 1. The van der Waals surface area contributed by atoms with Gasteiger partial charge >= 0.3 is 0 Å². The second kappa shape index (κ2) is 23.4. The summed E-state index contributed by atoms with van der Waals surface area (Å²) in [5, 5.41) is 13.3. The van der Waals surface area contributed by atoms with Crippen LogP contribution in [0.15, 0.2) is 17.2 Å². The summed E-state index contributed by atoms with van der Waals surface area (Å²) in [7, 11) is 0. The van der Waals surface area contributed by atoms with Gasteiger partial charge in [-0.15, -0.1) is 0 Å². The predicted molar refractivity (Wildman–Crippen MR) is 164 cm³/mol. The van der Waals surface area contributed by atoms with E-state index in [9.17, 15) is 14.7 Å². The van der Waals surface area contributed by atoms with Gasteiger partial charge in [-0.25, -0.2) is 0 Å². The maximum Gasteiger partial charge on any atom is 0.185 e. The molecule has 0 aromatic heterocycles. The van der Waals surface area contributed by atoms with Crippen LogP contribution in [0.2, 0.25) is 0 Å². The third-order valence-corrected chi connectivity index (χ3v) is 8.48. The van der Waals surface area contributed by atoms with Gasteiger partial charge in [-0.05, 0) is 105 Å². The molecule has 1 aromatic rings. The van der Waals surface area contributed by atoms with Crippen molar-refractivity contribution in [3.63, 3.8) is 0 Å². The Balaban J connectivity index is 2.90. The van der Waals surface area contributed by atoms with Crippen molar-refractivity contribution in [3.8, 4) is 0 Å². The van der Waals surface area contributed by atoms with Crippen LogP contribution >= 0.6 is 23.5 Å². The van der Waals surface area contributed by atoms with Crippen molar-refractivity contribution in [1.82, 2.24) is 0 Å². The minimum Gasteiger partial charge on any atom is -0.396 e. The van der Waals surface area contributed by atoms with Gasteiger partial charge in [0.1, 0.15) is 0 Å². The number of rotatable bonds is 23. The molecule has 0 amide bonds. The minimum atomic E-state index is 0.202. The summed E-state index contributed by atoms with van der Waals surface area (Å²) in [5.41, 5.74) is 14.4. The molecular weight excluding hydrogens is 514 g/mol. The monoisotopic (exact) mass is 563 g/mol. The molecule has 0 aliphatic carbocycles. The van der Waals surface area contributed by atoms with Crippen LogP contribution in [0.1, 0.15) is 113 Å². The van der Waals surface area contributed by atoms with Gasteiger partial charge < -0.3 is 5.11 Å². The summed E-state index contributed by atoms with van der Waals surface area (Å²) in [6.07, 6.45) is 17.1. The Morgan fingerprint density at radius 2 is 1.08 bits per heavy atom. The van der Waals surface area contributed by atoms with E-state index in [4.69, 9.17) is 5.53 Å². The molecule has 0 atom stereocenters. The van der Waals surface area contributed by atoms with E-state index in [2.05, 4.69) is 22.2 Å². The van der Waals surface area contributed by atoms with Crippen LogP contribution in [-0.4, -0.2) is 40.0 Å². The average Bonchev–Trinajstić information content (AvgIpc) is 2.88. The SMILES string of the molecule is CC(=O)SCCCCCc1cc(CCCCCO)c(CCCCCN=[N+]=[N-])cc1CCCCCSC(C)=O. The van der Waals surface area contributed by atoms with E-state index in [0.29, 0.717) is 6.54 Å². The summed E-state index contributed by atoms with van der Waals surface area (Å²) >= 11 is 2.86. The number of carbonyl (C=O) groups is 2. The van der Waals surface area contributed by atoms with Gasteiger partial charge in [-0.1, -0.05) is 66.5 Å². The van der Waals surface area contributed by atoms with E-state index >= 15 is 0 Å². The number of thioether (sulfide) groups is 2. The Bertz CT molecular complexity index is 857. The molecule has 0 radical (unpaired) electrons. The molecule has 214 valence electrons. The molecule has 0 saturated heterocycles. The maximum absolute atomic E-state index is 11.2. The highest BCUT2D eigenvalue weighted by Gasteiger charge is 2.11. The Kier molecular flexibility index (Phi) is 21.3. The molecule has 0 heterocycles. The molecule has 1 N–H and O–H groups in total. The molecule has 0 spiro atoms. The number of aliphatic hydroxyl groups excluding tert-OH is 1. The van der Waals surface area contributed by atoms with E-state index in [1.165, 1.54) is 45.8 Å². The van der Waals surface area contributed by atoms with Crippen molar-refractivity contribution >= 4 is 33.8 Å². The maximum atomic E-state index is 11.2. The molecular formula is C30H49N3O3S2. The minimum absolute atomic E-state index is 0.202. The topological polar surface area (TPSA) is 103 Å². The molecule has 8 heteroatoms. The zero-order chi connectivity index (χ0) is 27.8. The molecule has 38 heavy (non-hydrogen) atoms. The van der Waals surface area contributed by atoms with E-state index in [0.717, 1.165) is 114 Å². The second-order valence-corrected chi connectivity index (χ2v) is 12.5. The molecule has 0 bridgehead atoms. The number of carbonyl (C=O) groups excluding carboxylic acids is 2. The van der Waals surface area contributed by atoms with Crippen molar-refractivity contribution in [2.45, 2.75) is 117 Å². The molecule has 0 aliphatic rings. The standard InChI is InChI=1S/C30H49N3O3S2/c1-25(35)37-21-13-5-9-17-29-23-27(15-7-3-11-19-32-33-31)28(16-8-4-12-20-34)24-30(29)18-10-6-14-22-38-26(2)36/h23-24,34H,3-22H2,1-2H3. The van der Waals surface area contributed by atoms with Gasteiger partial charge in [0, 0.05) is 43.4 Å². The lowest BCUT2D eigenvalue weighted by molar-refractivity contribution is -0.109. The largest absolute Gasteiger partial charge is 0.396 e. The fraction of sp³-hybridized carbons (Fsp3) is 0.733. The van der Waals surface area contributed by atoms with Gasteiger partial charge in [0.05, 0.1) is 0 Å². The lowest BCUT2D eigenvalue weighted by atomic mass is 9.88.